The molecular weight excluding hydrogens is 416 g/mol. The molecule has 1 unspecified atom stereocenters. The number of anilines is 3. The van der Waals surface area contributed by atoms with Gasteiger partial charge in [-0.25, -0.2) is 9.37 Å². The van der Waals surface area contributed by atoms with Crippen LogP contribution in [0.25, 0.3) is 0 Å². The van der Waals surface area contributed by atoms with Gasteiger partial charge in [-0.2, -0.15) is 10.1 Å². The fourth-order valence-corrected chi connectivity index (χ4v) is 4.51. The number of rotatable bonds is 5. The molecule has 1 fully saturated rings. The summed E-state index contributed by atoms with van der Waals surface area (Å²) in [6.07, 6.45) is 6.97. The Bertz CT molecular complexity index is 967. The highest BCUT2D eigenvalue weighted by Gasteiger charge is 2.34. The number of likely N-dealkylation sites (N-methyl/N-ethyl adjacent to an activating group) is 2. The molecular formula is C22H33F2N7O. The molecule has 2 aromatic heterocycles. The molecule has 0 spiro atoms. The molecule has 8 nitrogen and oxygen atoms in total. The third-order valence-electron chi connectivity index (χ3n) is 6.71. The summed E-state index contributed by atoms with van der Waals surface area (Å²) in [6, 6.07) is -0.270. The summed E-state index contributed by atoms with van der Waals surface area (Å²) in [6.45, 7) is 6.86. The van der Waals surface area contributed by atoms with Crippen LogP contribution >= 0.6 is 0 Å². The molecule has 32 heavy (non-hydrogen) atoms. The van der Waals surface area contributed by atoms with Gasteiger partial charge in [0, 0.05) is 38.9 Å². The molecule has 1 aliphatic carbocycles. The zero-order valence-corrected chi connectivity index (χ0v) is 19.4. The quantitative estimate of drug-likeness (QED) is 0.753. The van der Waals surface area contributed by atoms with Crippen molar-refractivity contribution in [3.8, 4) is 0 Å². The molecule has 3 heterocycles. The minimum absolute atomic E-state index is 0. The van der Waals surface area contributed by atoms with Crippen molar-refractivity contribution < 1.29 is 13.9 Å². The summed E-state index contributed by atoms with van der Waals surface area (Å²) in [7, 11) is 3.65. The number of carbonyl (C=O) groups excluding carboxylic acids is 1. The predicted octanol–water partition coefficient (Wildman–Crippen LogP) is 3.47. The van der Waals surface area contributed by atoms with Gasteiger partial charge in [-0.05, 0) is 52.4 Å². The molecule has 176 valence electrons. The number of nitrogens with zero attached hydrogens (tertiary/aromatic N) is 6. The van der Waals surface area contributed by atoms with Gasteiger partial charge in [0.1, 0.15) is 17.4 Å². The number of aromatic nitrogens is 4. The lowest BCUT2D eigenvalue weighted by Gasteiger charge is -2.37. The molecule has 1 N–H and O–H groups in total. The topological polar surface area (TPSA) is 79.2 Å². The molecule has 10 heteroatoms. The van der Waals surface area contributed by atoms with Crippen LogP contribution in [-0.2, 0) is 17.9 Å². The van der Waals surface area contributed by atoms with E-state index in [2.05, 4.69) is 20.4 Å². The molecule has 0 saturated heterocycles. The van der Waals surface area contributed by atoms with Gasteiger partial charge >= 0.3 is 0 Å². The molecule has 0 radical (unpaired) electrons. The summed E-state index contributed by atoms with van der Waals surface area (Å²) in [5, 5.41) is 7.76. The summed E-state index contributed by atoms with van der Waals surface area (Å²) in [4.78, 5) is 25.2. The van der Waals surface area contributed by atoms with Crippen molar-refractivity contribution in [2.75, 3.05) is 29.2 Å². The smallest absolute Gasteiger partial charge is 0.249 e. The van der Waals surface area contributed by atoms with E-state index in [1.807, 2.05) is 42.9 Å². The van der Waals surface area contributed by atoms with Crippen molar-refractivity contribution in [3.63, 3.8) is 0 Å². The van der Waals surface area contributed by atoms with Crippen molar-refractivity contribution in [1.29, 1.82) is 0 Å². The number of aryl methyl sites for hydroxylation is 1. The van der Waals surface area contributed by atoms with Crippen LogP contribution in [0.5, 0.6) is 0 Å². The van der Waals surface area contributed by atoms with Crippen LogP contribution in [0.4, 0.5) is 26.5 Å². The lowest BCUT2D eigenvalue weighted by Crippen LogP contribution is -2.49. The molecule has 1 aliphatic heterocycles. The van der Waals surface area contributed by atoms with Crippen molar-refractivity contribution >= 4 is 23.4 Å². The first kappa shape index (κ1) is 23.9. The lowest BCUT2D eigenvalue weighted by atomic mass is 9.81. The van der Waals surface area contributed by atoms with Crippen LogP contribution in [0.15, 0.2) is 12.4 Å². The molecule has 2 aromatic rings. The maximum absolute atomic E-state index is 14.0. The van der Waals surface area contributed by atoms with Crippen molar-refractivity contribution in [3.05, 3.63) is 23.7 Å². The highest BCUT2D eigenvalue weighted by atomic mass is 19.1. The third-order valence-corrected chi connectivity index (χ3v) is 6.71. The number of hydrogen-bond acceptors (Lipinski definition) is 6. The molecule has 0 bridgehead atoms. The van der Waals surface area contributed by atoms with Gasteiger partial charge in [0.05, 0.1) is 11.9 Å². The highest BCUT2D eigenvalue weighted by molar-refractivity contribution is 6.04. The van der Waals surface area contributed by atoms with Gasteiger partial charge in [-0.1, -0.05) is 0 Å². The normalized spacial score (nSPS) is 25.4. The number of nitrogens with one attached hydrogen (secondary N) is 1. The number of amides is 1. The van der Waals surface area contributed by atoms with Crippen molar-refractivity contribution in [1.82, 2.24) is 19.7 Å². The van der Waals surface area contributed by atoms with E-state index in [4.69, 9.17) is 0 Å². The monoisotopic (exact) mass is 449 g/mol. The van der Waals surface area contributed by atoms with Gasteiger partial charge < -0.3 is 15.1 Å². The zero-order valence-electron chi connectivity index (χ0n) is 19.4. The number of carbonyl (C=O) groups is 1. The maximum atomic E-state index is 14.0. The standard InChI is InChI=1S/C22H32FN7O.FH/c1-14-18-19(28(4)15(2)20(31)29(18)5)27-21(26-14)24-10-17-11-25-30(13-17)12-16-6-8-22(3,23)9-7-16;/h11,13,15-16H,6-10,12H2,1-5H3,(H,24,26,27);1H. The van der Waals surface area contributed by atoms with Crippen LogP contribution < -0.4 is 15.1 Å². The van der Waals surface area contributed by atoms with Crippen molar-refractivity contribution in [2.45, 2.75) is 71.3 Å². The average Bonchev–Trinajstić information content (AvgIpc) is 3.17. The maximum Gasteiger partial charge on any atom is 0.249 e. The average molecular weight is 450 g/mol. The first-order valence-corrected chi connectivity index (χ1v) is 11.0. The molecule has 1 saturated carbocycles. The van der Waals surface area contributed by atoms with Crippen LogP contribution in [-0.4, -0.2) is 51.5 Å². The number of halogens is 2. The van der Waals surface area contributed by atoms with E-state index >= 15 is 0 Å². The Hall–Kier alpha value is -2.78. The second-order valence-electron chi connectivity index (χ2n) is 9.27. The highest BCUT2D eigenvalue weighted by Crippen LogP contribution is 2.36. The van der Waals surface area contributed by atoms with Gasteiger partial charge in [0.25, 0.3) is 0 Å². The molecule has 1 amide bonds. The van der Waals surface area contributed by atoms with E-state index in [0.29, 0.717) is 31.3 Å². The van der Waals surface area contributed by atoms with Crippen LogP contribution in [0.1, 0.15) is 50.8 Å². The van der Waals surface area contributed by atoms with E-state index in [1.165, 1.54) is 0 Å². The first-order chi connectivity index (χ1) is 14.6. The summed E-state index contributed by atoms with van der Waals surface area (Å²) in [5.41, 5.74) is 1.55. The Morgan fingerprint density at radius 2 is 1.94 bits per heavy atom. The third kappa shape index (κ3) is 4.68. The van der Waals surface area contributed by atoms with Gasteiger partial charge in [0.15, 0.2) is 5.82 Å². The first-order valence-electron chi connectivity index (χ1n) is 11.0. The number of alkyl halides is 1. The predicted molar refractivity (Wildman–Crippen MR) is 122 cm³/mol. The number of fused-ring (bicyclic) bond motifs is 1. The Kier molecular flexibility index (Phi) is 6.71. The summed E-state index contributed by atoms with van der Waals surface area (Å²) >= 11 is 0. The van der Waals surface area contributed by atoms with E-state index < -0.39 is 5.67 Å². The van der Waals surface area contributed by atoms with Gasteiger partial charge in [-0.3, -0.25) is 14.2 Å². The summed E-state index contributed by atoms with van der Waals surface area (Å²) in [5.74, 6) is 1.79. The Morgan fingerprint density at radius 1 is 1.25 bits per heavy atom. The molecule has 4 rings (SSSR count). The minimum atomic E-state index is -1.00. The Morgan fingerprint density at radius 3 is 2.62 bits per heavy atom. The van der Waals surface area contributed by atoms with Crippen LogP contribution in [0.3, 0.4) is 0 Å². The van der Waals surface area contributed by atoms with E-state index in [9.17, 15) is 9.18 Å². The fraction of sp³-hybridized carbons (Fsp3) is 0.636. The lowest BCUT2D eigenvalue weighted by molar-refractivity contribution is -0.119. The van der Waals surface area contributed by atoms with Crippen LogP contribution in [0, 0.1) is 12.8 Å². The molecule has 2 aliphatic rings. The second-order valence-corrected chi connectivity index (χ2v) is 9.27. The van der Waals surface area contributed by atoms with Gasteiger partial charge in [0.2, 0.25) is 11.9 Å². The van der Waals surface area contributed by atoms with Crippen molar-refractivity contribution in [2.24, 2.45) is 5.92 Å². The van der Waals surface area contributed by atoms with Crippen LogP contribution in [0.2, 0.25) is 0 Å². The zero-order chi connectivity index (χ0) is 22.3. The number of hydrogen-bond donors (Lipinski definition) is 1. The molecule has 0 aromatic carbocycles. The largest absolute Gasteiger partial charge is 0.350 e. The van der Waals surface area contributed by atoms with E-state index in [1.54, 1.807) is 18.9 Å². The Balaban J connectivity index is 0.00000289. The van der Waals surface area contributed by atoms with E-state index in [0.717, 1.165) is 42.1 Å². The molecule has 1 atom stereocenters. The Labute approximate surface area is 187 Å². The second kappa shape index (κ2) is 8.99. The van der Waals surface area contributed by atoms with Gasteiger partial charge in [-0.15, -0.1) is 0 Å². The summed E-state index contributed by atoms with van der Waals surface area (Å²) < 4.78 is 16.0. The fourth-order valence-electron chi connectivity index (χ4n) is 4.51. The minimum Gasteiger partial charge on any atom is -0.350 e. The SMILES string of the molecule is Cc1nc(NCc2cnn(CC3CCC(C)(F)CC3)c2)nc2c1N(C)C(=O)C(C)N2C.F. The van der Waals surface area contributed by atoms with E-state index in [-0.39, 0.29) is 16.7 Å².